The SMILES string of the molecule is c1ccc2c(c1)-c1ccccc1[Si]21c2ccccc2N2c3c(cccc31)B1c3c(cc4sc5ccccc5c4c32)-c2cccc3c4c5ccccc5ccc4n1c23. The van der Waals surface area contributed by atoms with Gasteiger partial charge in [-0.25, -0.2) is 0 Å². The topological polar surface area (TPSA) is 8.17 Å². The van der Waals surface area contributed by atoms with E-state index in [2.05, 4.69) is 185 Å². The van der Waals surface area contributed by atoms with Gasteiger partial charge < -0.3 is 9.38 Å². The van der Waals surface area contributed by atoms with Gasteiger partial charge in [0.15, 0.2) is 8.07 Å². The molecule has 11 aromatic rings. The highest BCUT2D eigenvalue weighted by Crippen LogP contribution is 2.52. The van der Waals surface area contributed by atoms with Gasteiger partial charge in [0.05, 0.1) is 5.69 Å². The Hall–Kier alpha value is -6.66. The second kappa shape index (κ2) is 10.0. The van der Waals surface area contributed by atoms with Crippen LogP contribution in [-0.4, -0.2) is 19.4 Å². The van der Waals surface area contributed by atoms with E-state index in [1.54, 1.807) is 0 Å². The van der Waals surface area contributed by atoms with Gasteiger partial charge in [0.2, 0.25) is 0 Å². The molecule has 5 heteroatoms. The number of benzene rings is 9. The molecule has 15 rings (SSSR count). The minimum atomic E-state index is -2.78. The van der Waals surface area contributed by atoms with Crippen molar-refractivity contribution in [1.82, 2.24) is 4.48 Å². The van der Waals surface area contributed by atoms with Gasteiger partial charge in [-0.3, -0.25) is 0 Å². The molecule has 57 heavy (non-hydrogen) atoms. The predicted octanol–water partition coefficient (Wildman–Crippen LogP) is 9.40. The average molecular weight is 753 g/mol. The van der Waals surface area contributed by atoms with Crippen LogP contribution in [0.15, 0.2) is 176 Å². The molecule has 4 aliphatic heterocycles. The zero-order chi connectivity index (χ0) is 36.7. The third kappa shape index (κ3) is 3.22. The quantitative estimate of drug-likeness (QED) is 0.140. The van der Waals surface area contributed by atoms with Crippen molar-refractivity contribution in [3.63, 3.8) is 0 Å². The molecule has 9 aromatic carbocycles. The number of nitrogens with zero attached hydrogens (tertiary/aromatic N) is 2. The van der Waals surface area contributed by atoms with Crippen LogP contribution >= 0.6 is 11.3 Å². The van der Waals surface area contributed by atoms with E-state index >= 15 is 0 Å². The molecular weight excluding hydrogens is 724 g/mol. The zero-order valence-electron chi connectivity index (χ0n) is 30.6. The highest BCUT2D eigenvalue weighted by Gasteiger charge is 2.57. The lowest BCUT2D eigenvalue weighted by Gasteiger charge is -2.49. The van der Waals surface area contributed by atoms with Crippen LogP contribution in [0.5, 0.6) is 0 Å². The second-order valence-corrected chi connectivity index (χ2v) is 21.0. The van der Waals surface area contributed by atoms with Gasteiger partial charge in [-0.2, -0.15) is 0 Å². The van der Waals surface area contributed by atoms with Crippen molar-refractivity contribution in [2.45, 2.75) is 0 Å². The zero-order valence-corrected chi connectivity index (χ0v) is 32.4. The minimum absolute atomic E-state index is 0.0106. The van der Waals surface area contributed by atoms with Gasteiger partial charge in [-0.1, -0.05) is 152 Å². The summed E-state index contributed by atoms with van der Waals surface area (Å²) in [6, 6.07) is 67.9. The first kappa shape index (κ1) is 29.6. The highest BCUT2D eigenvalue weighted by molar-refractivity contribution is 7.26. The standard InChI is InChI=1S/C52H29BN2SSi/c1-2-14-31-30(13-1)27-28-40-47(31)36-19-11-18-34-37-29-42-48(35-17-3-7-22-41(35)56-42)52-49(37)53(55(40)50(34)36)38-20-12-26-46-51(38)54(52)39-21-6-10-25-45(39)57(46)43-23-8-4-15-32(43)33-16-5-9-24-44(33)57/h1-29H. The second-order valence-electron chi connectivity index (χ2n) is 16.3. The molecule has 0 aliphatic carbocycles. The molecule has 6 heterocycles. The fourth-order valence-corrected chi connectivity index (χ4v) is 18.7. The van der Waals surface area contributed by atoms with Crippen LogP contribution in [0.3, 0.4) is 0 Å². The maximum absolute atomic E-state index is 2.78. The maximum Gasteiger partial charge on any atom is 0.333 e. The maximum atomic E-state index is 2.75. The summed E-state index contributed by atoms with van der Waals surface area (Å²) >= 11 is 1.94. The Labute approximate surface area is 333 Å². The molecule has 2 nitrogen and oxygen atoms in total. The lowest BCUT2D eigenvalue weighted by molar-refractivity contribution is 1.27. The Balaban J connectivity index is 1.19. The number of aromatic nitrogens is 1. The molecule has 0 N–H and O–H groups in total. The third-order valence-corrected chi connectivity index (χ3v) is 20.0. The molecule has 0 saturated carbocycles. The lowest BCUT2D eigenvalue weighted by atomic mass is 9.45. The van der Waals surface area contributed by atoms with Gasteiger partial charge in [-0.05, 0) is 83.4 Å². The van der Waals surface area contributed by atoms with E-state index in [-0.39, 0.29) is 6.85 Å². The van der Waals surface area contributed by atoms with Gasteiger partial charge in [0, 0.05) is 58.9 Å². The average Bonchev–Trinajstić information content (AvgIpc) is 3.92. The van der Waals surface area contributed by atoms with Gasteiger partial charge in [0.25, 0.3) is 0 Å². The lowest BCUT2D eigenvalue weighted by Crippen LogP contribution is -2.77. The molecule has 0 unspecified atom stereocenters. The number of para-hydroxylation sites is 3. The molecule has 0 fully saturated rings. The molecule has 1 spiro atoms. The van der Waals surface area contributed by atoms with Crippen LogP contribution in [0.1, 0.15) is 0 Å². The summed E-state index contributed by atoms with van der Waals surface area (Å²) in [5, 5.41) is 14.0. The Morgan fingerprint density at radius 1 is 0.456 bits per heavy atom. The first-order valence-electron chi connectivity index (χ1n) is 20.0. The Kier molecular flexibility index (Phi) is 5.20. The van der Waals surface area contributed by atoms with Crippen molar-refractivity contribution in [2.75, 3.05) is 4.90 Å². The number of hydrogen-bond acceptors (Lipinski definition) is 2. The van der Waals surface area contributed by atoms with Crippen molar-refractivity contribution >= 4 is 128 Å². The van der Waals surface area contributed by atoms with Crippen LogP contribution in [0.25, 0.3) is 75.0 Å². The highest BCUT2D eigenvalue weighted by atomic mass is 32.1. The van der Waals surface area contributed by atoms with E-state index in [0.717, 1.165) is 0 Å². The Morgan fingerprint density at radius 2 is 1.12 bits per heavy atom. The van der Waals surface area contributed by atoms with E-state index in [0.29, 0.717) is 0 Å². The van der Waals surface area contributed by atoms with Crippen LogP contribution < -0.4 is 36.6 Å². The van der Waals surface area contributed by atoms with Gasteiger partial charge in [0.1, 0.15) is 0 Å². The summed E-state index contributed by atoms with van der Waals surface area (Å²) in [5.74, 6) is 0. The molecule has 0 radical (unpaired) electrons. The smallest absolute Gasteiger partial charge is 0.333 e. The van der Waals surface area contributed by atoms with Crippen molar-refractivity contribution in [3.05, 3.63) is 176 Å². The van der Waals surface area contributed by atoms with Gasteiger partial charge in [-0.15, -0.1) is 11.3 Å². The summed E-state index contributed by atoms with van der Waals surface area (Å²) in [6.07, 6.45) is 0. The molecule has 0 saturated heterocycles. The van der Waals surface area contributed by atoms with Crippen molar-refractivity contribution in [1.29, 1.82) is 0 Å². The largest absolute Gasteiger partial charge is 0.375 e. The normalized spacial score (nSPS) is 14.7. The number of hydrogen-bond donors (Lipinski definition) is 0. The first-order valence-corrected chi connectivity index (χ1v) is 22.8. The monoisotopic (exact) mass is 752 g/mol. The van der Waals surface area contributed by atoms with E-state index < -0.39 is 8.07 Å². The predicted molar refractivity (Wildman–Crippen MR) is 247 cm³/mol. The summed E-state index contributed by atoms with van der Waals surface area (Å²) in [7, 11) is -2.78. The van der Waals surface area contributed by atoms with E-state index in [1.165, 1.54) is 124 Å². The van der Waals surface area contributed by atoms with Crippen molar-refractivity contribution in [3.8, 4) is 22.3 Å². The number of anilines is 3. The molecule has 0 amide bonds. The van der Waals surface area contributed by atoms with Crippen LogP contribution in [0.4, 0.5) is 17.1 Å². The fourth-order valence-electron chi connectivity index (χ4n) is 12.0. The summed E-state index contributed by atoms with van der Waals surface area (Å²) in [6.45, 7) is -0.0106. The summed E-state index contributed by atoms with van der Waals surface area (Å²) in [5.41, 5.74) is 15.0. The number of fused-ring (bicyclic) bond motifs is 22. The summed E-state index contributed by atoms with van der Waals surface area (Å²) in [4.78, 5) is 2.74. The third-order valence-electron chi connectivity index (χ3n) is 13.9. The van der Waals surface area contributed by atoms with E-state index in [4.69, 9.17) is 0 Å². The van der Waals surface area contributed by atoms with Crippen LogP contribution in [-0.2, 0) is 0 Å². The van der Waals surface area contributed by atoms with Crippen molar-refractivity contribution < 1.29 is 0 Å². The Bertz CT molecular complexity index is 3640. The van der Waals surface area contributed by atoms with Crippen LogP contribution in [0, 0.1) is 0 Å². The molecule has 4 aliphatic rings. The van der Waals surface area contributed by atoms with E-state index in [9.17, 15) is 0 Å². The number of rotatable bonds is 0. The fraction of sp³-hybridized carbons (Fsp3) is 0. The molecule has 260 valence electrons. The van der Waals surface area contributed by atoms with Crippen molar-refractivity contribution in [2.24, 2.45) is 0 Å². The molecule has 0 bridgehead atoms. The molecule has 2 aromatic heterocycles. The number of thiophene rings is 1. The molecule has 0 atom stereocenters. The minimum Gasteiger partial charge on any atom is -0.375 e. The summed E-state index contributed by atoms with van der Waals surface area (Å²) < 4.78 is 5.44. The van der Waals surface area contributed by atoms with Crippen LogP contribution in [0.2, 0.25) is 0 Å². The molecular formula is C52H29BN2SSi. The van der Waals surface area contributed by atoms with Gasteiger partial charge >= 0.3 is 6.85 Å². The first-order chi connectivity index (χ1) is 28.3. The van der Waals surface area contributed by atoms with E-state index in [1.807, 2.05) is 11.3 Å². The Morgan fingerprint density at radius 3 is 1.98 bits per heavy atom.